The van der Waals surface area contributed by atoms with Crippen LogP contribution in [0.4, 0.5) is 14.9 Å². The molecular formula is C12H15FN2O3. The van der Waals surface area contributed by atoms with Crippen LogP contribution in [-0.4, -0.2) is 35.3 Å². The Balaban J connectivity index is 2.04. The molecule has 1 amide bonds. The minimum atomic E-state index is -0.962. The summed E-state index contributed by atoms with van der Waals surface area (Å²) >= 11 is 0. The quantitative estimate of drug-likeness (QED) is 0.791. The van der Waals surface area contributed by atoms with Gasteiger partial charge in [0, 0.05) is 12.6 Å². The molecule has 5 nitrogen and oxygen atoms in total. The minimum Gasteiger partial charge on any atom is -0.486 e. The van der Waals surface area contributed by atoms with Crippen LogP contribution in [0, 0.1) is 5.82 Å². The fourth-order valence-electron chi connectivity index (χ4n) is 2.00. The van der Waals surface area contributed by atoms with Gasteiger partial charge in [0.2, 0.25) is 0 Å². The van der Waals surface area contributed by atoms with E-state index in [0.717, 1.165) is 12.8 Å². The Morgan fingerprint density at radius 2 is 2.33 bits per heavy atom. The second-order valence-electron chi connectivity index (χ2n) is 4.29. The molecule has 0 saturated carbocycles. The van der Waals surface area contributed by atoms with Crippen LogP contribution in [0.25, 0.3) is 0 Å². The van der Waals surface area contributed by atoms with Crippen molar-refractivity contribution < 1.29 is 19.0 Å². The van der Waals surface area contributed by atoms with Gasteiger partial charge in [-0.1, -0.05) is 0 Å². The number of rotatable bonds is 2. The standard InChI is InChI=1S/C12H15FN2O3/c13-8-3-4-10(14)11(6-8)18-9-2-1-5-15(7-9)12(16)17/h3-4,6,9H,1-2,5,7,14H2,(H,16,17). The van der Waals surface area contributed by atoms with Gasteiger partial charge in [-0.15, -0.1) is 0 Å². The summed E-state index contributed by atoms with van der Waals surface area (Å²) in [6.45, 7) is 0.791. The summed E-state index contributed by atoms with van der Waals surface area (Å²) in [7, 11) is 0. The van der Waals surface area contributed by atoms with Crippen molar-refractivity contribution in [3.8, 4) is 5.75 Å². The molecule has 18 heavy (non-hydrogen) atoms. The fourth-order valence-corrected chi connectivity index (χ4v) is 2.00. The van der Waals surface area contributed by atoms with Crippen LogP contribution in [-0.2, 0) is 0 Å². The van der Waals surface area contributed by atoms with E-state index in [-0.39, 0.29) is 18.4 Å². The lowest BCUT2D eigenvalue weighted by molar-refractivity contribution is 0.0794. The van der Waals surface area contributed by atoms with E-state index < -0.39 is 11.9 Å². The maximum absolute atomic E-state index is 13.1. The van der Waals surface area contributed by atoms with Crippen LogP contribution in [0.1, 0.15) is 12.8 Å². The number of nitrogen functional groups attached to an aromatic ring is 1. The highest BCUT2D eigenvalue weighted by atomic mass is 19.1. The third kappa shape index (κ3) is 2.82. The molecular weight excluding hydrogens is 239 g/mol. The lowest BCUT2D eigenvalue weighted by Gasteiger charge is -2.31. The monoisotopic (exact) mass is 254 g/mol. The number of ether oxygens (including phenoxy) is 1. The molecule has 2 rings (SSSR count). The van der Waals surface area contributed by atoms with Gasteiger partial charge in [-0.3, -0.25) is 0 Å². The summed E-state index contributed by atoms with van der Waals surface area (Å²) in [6.07, 6.45) is 0.223. The highest BCUT2D eigenvalue weighted by molar-refractivity contribution is 5.65. The predicted molar refractivity (Wildman–Crippen MR) is 64.1 cm³/mol. The summed E-state index contributed by atoms with van der Waals surface area (Å²) in [6, 6.07) is 3.91. The Morgan fingerprint density at radius 3 is 3.06 bits per heavy atom. The van der Waals surface area contributed by atoms with Crippen molar-refractivity contribution in [3.63, 3.8) is 0 Å². The lowest BCUT2D eigenvalue weighted by Crippen LogP contribution is -2.43. The minimum absolute atomic E-state index is 0.271. The molecule has 0 aliphatic carbocycles. The molecule has 1 saturated heterocycles. The number of benzene rings is 1. The Kier molecular flexibility index (Phi) is 3.55. The molecule has 1 aromatic rings. The molecule has 1 aliphatic rings. The molecule has 98 valence electrons. The Morgan fingerprint density at radius 1 is 1.56 bits per heavy atom. The molecule has 0 spiro atoms. The third-order valence-electron chi connectivity index (χ3n) is 2.92. The van der Waals surface area contributed by atoms with Crippen molar-refractivity contribution in [1.82, 2.24) is 4.90 Å². The summed E-state index contributed by atoms with van der Waals surface area (Å²) in [5.74, 6) is -0.155. The predicted octanol–water partition coefficient (Wildman–Crippen LogP) is 1.93. The molecule has 0 bridgehead atoms. The number of amides is 1. The van der Waals surface area contributed by atoms with E-state index in [9.17, 15) is 9.18 Å². The maximum atomic E-state index is 13.1. The highest BCUT2D eigenvalue weighted by Crippen LogP contribution is 2.25. The van der Waals surface area contributed by atoms with Crippen LogP contribution in [0.3, 0.4) is 0 Å². The topological polar surface area (TPSA) is 75.8 Å². The zero-order valence-electron chi connectivity index (χ0n) is 9.80. The van der Waals surface area contributed by atoms with Gasteiger partial charge in [0.05, 0.1) is 12.2 Å². The number of nitrogens with two attached hydrogens (primary N) is 1. The second-order valence-corrected chi connectivity index (χ2v) is 4.29. The van der Waals surface area contributed by atoms with Crippen molar-refractivity contribution in [2.24, 2.45) is 0 Å². The molecule has 3 N–H and O–H groups in total. The summed E-state index contributed by atoms with van der Waals surface area (Å²) in [4.78, 5) is 12.2. The average Bonchev–Trinajstić information content (AvgIpc) is 2.34. The van der Waals surface area contributed by atoms with Gasteiger partial charge >= 0.3 is 6.09 Å². The number of piperidine rings is 1. The number of carboxylic acid groups (broad SMARTS) is 1. The Bertz CT molecular complexity index is 453. The van der Waals surface area contributed by atoms with E-state index in [1.165, 1.54) is 23.1 Å². The van der Waals surface area contributed by atoms with Gasteiger partial charge in [0.15, 0.2) is 0 Å². The SMILES string of the molecule is Nc1ccc(F)cc1OC1CCCN(C(=O)O)C1. The molecule has 6 heteroatoms. The number of nitrogens with zero attached hydrogens (tertiary/aromatic N) is 1. The largest absolute Gasteiger partial charge is 0.486 e. The normalized spacial score (nSPS) is 19.6. The first-order valence-electron chi connectivity index (χ1n) is 5.76. The van der Waals surface area contributed by atoms with Crippen LogP contribution >= 0.6 is 0 Å². The van der Waals surface area contributed by atoms with Gasteiger partial charge < -0.3 is 20.5 Å². The van der Waals surface area contributed by atoms with Gasteiger partial charge in [-0.25, -0.2) is 9.18 Å². The number of anilines is 1. The van der Waals surface area contributed by atoms with Crippen molar-refractivity contribution >= 4 is 11.8 Å². The number of carbonyl (C=O) groups is 1. The number of likely N-dealkylation sites (tertiary alicyclic amines) is 1. The first-order chi connectivity index (χ1) is 8.56. The first kappa shape index (κ1) is 12.5. The third-order valence-corrected chi connectivity index (χ3v) is 2.92. The second kappa shape index (κ2) is 5.12. The van der Waals surface area contributed by atoms with E-state index in [2.05, 4.69) is 0 Å². The van der Waals surface area contributed by atoms with Crippen LogP contribution < -0.4 is 10.5 Å². The van der Waals surface area contributed by atoms with Crippen molar-refractivity contribution in [2.75, 3.05) is 18.8 Å². The Hall–Kier alpha value is -1.98. The van der Waals surface area contributed by atoms with Gasteiger partial charge in [0.25, 0.3) is 0 Å². The van der Waals surface area contributed by atoms with Crippen molar-refractivity contribution in [1.29, 1.82) is 0 Å². The lowest BCUT2D eigenvalue weighted by atomic mass is 10.1. The zero-order valence-corrected chi connectivity index (χ0v) is 9.80. The molecule has 1 unspecified atom stereocenters. The first-order valence-corrected chi connectivity index (χ1v) is 5.76. The molecule has 1 aromatic carbocycles. The van der Waals surface area contributed by atoms with Crippen LogP contribution in [0.5, 0.6) is 5.75 Å². The fraction of sp³-hybridized carbons (Fsp3) is 0.417. The van der Waals surface area contributed by atoms with E-state index in [4.69, 9.17) is 15.6 Å². The van der Waals surface area contributed by atoms with Crippen LogP contribution in [0.15, 0.2) is 18.2 Å². The summed E-state index contributed by atoms with van der Waals surface area (Å²) in [5.41, 5.74) is 6.03. The Labute approximate surface area is 104 Å². The molecule has 1 fully saturated rings. The van der Waals surface area contributed by atoms with E-state index in [1.807, 2.05) is 0 Å². The number of hydrogen-bond acceptors (Lipinski definition) is 3. The molecule has 0 aromatic heterocycles. The number of halogens is 1. The molecule has 1 atom stereocenters. The highest BCUT2D eigenvalue weighted by Gasteiger charge is 2.24. The number of hydrogen-bond donors (Lipinski definition) is 2. The maximum Gasteiger partial charge on any atom is 0.407 e. The van der Waals surface area contributed by atoms with Gasteiger partial charge in [-0.2, -0.15) is 0 Å². The molecule has 0 radical (unpaired) electrons. The van der Waals surface area contributed by atoms with Crippen LogP contribution in [0.2, 0.25) is 0 Å². The van der Waals surface area contributed by atoms with E-state index in [1.54, 1.807) is 0 Å². The van der Waals surface area contributed by atoms with E-state index >= 15 is 0 Å². The van der Waals surface area contributed by atoms with E-state index in [0.29, 0.717) is 12.2 Å². The average molecular weight is 254 g/mol. The summed E-state index contributed by atoms with van der Waals surface area (Å²) < 4.78 is 18.6. The zero-order chi connectivity index (χ0) is 13.1. The molecule has 1 aliphatic heterocycles. The van der Waals surface area contributed by atoms with Gasteiger partial charge in [0.1, 0.15) is 17.7 Å². The van der Waals surface area contributed by atoms with Crippen molar-refractivity contribution in [2.45, 2.75) is 18.9 Å². The summed E-state index contributed by atoms with van der Waals surface area (Å²) in [5, 5.41) is 8.91. The van der Waals surface area contributed by atoms with Gasteiger partial charge in [-0.05, 0) is 25.0 Å². The molecule has 1 heterocycles. The smallest absolute Gasteiger partial charge is 0.407 e. The van der Waals surface area contributed by atoms with Crippen molar-refractivity contribution in [3.05, 3.63) is 24.0 Å².